The molecule has 0 unspecified atom stereocenters. The number of rotatable bonds is 6. The number of amides is 1. The van der Waals surface area contributed by atoms with E-state index in [1.54, 1.807) is 18.5 Å². The molecule has 1 saturated heterocycles. The highest BCUT2D eigenvalue weighted by Crippen LogP contribution is 2.21. The summed E-state index contributed by atoms with van der Waals surface area (Å²) in [5.41, 5.74) is 3.20. The van der Waals surface area contributed by atoms with Crippen molar-refractivity contribution in [2.75, 3.05) is 24.6 Å². The van der Waals surface area contributed by atoms with Gasteiger partial charge in [-0.25, -0.2) is 9.97 Å². The lowest BCUT2D eigenvalue weighted by Crippen LogP contribution is -2.41. The molecule has 1 amide bonds. The summed E-state index contributed by atoms with van der Waals surface area (Å²) in [7, 11) is 1.91. The van der Waals surface area contributed by atoms with Gasteiger partial charge in [-0.3, -0.25) is 9.48 Å². The Morgan fingerprint density at radius 3 is 2.65 bits per heavy atom. The van der Waals surface area contributed by atoms with Crippen LogP contribution in [-0.4, -0.2) is 56.5 Å². The minimum absolute atomic E-state index is 0.00747. The van der Waals surface area contributed by atoms with Crippen LogP contribution in [0, 0.1) is 19.8 Å². The van der Waals surface area contributed by atoms with E-state index in [9.17, 15) is 9.90 Å². The minimum atomic E-state index is -0.104. The summed E-state index contributed by atoms with van der Waals surface area (Å²) in [4.78, 5) is 22.9. The number of carbonyl (C=O) groups is 1. The maximum atomic E-state index is 12.4. The van der Waals surface area contributed by atoms with E-state index in [4.69, 9.17) is 0 Å². The van der Waals surface area contributed by atoms with Crippen LogP contribution in [0.4, 0.5) is 5.95 Å². The number of anilines is 1. The molecule has 0 bridgehead atoms. The van der Waals surface area contributed by atoms with Gasteiger partial charge in [-0.15, -0.1) is 0 Å². The zero-order valence-electron chi connectivity index (χ0n) is 15.5. The van der Waals surface area contributed by atoms with E-state index in [0.717, 1.165) is 17.0 Å². The molecule has 2 atom stereocenters. The molecule has 1 fully saturated rings. The summed E-state index contributed by atoms with van der Waals surface area (Å²) in [6.07, 6.45) is 4.46. The Bertz CT molecular complexity index is 761. The Morgan fingerprint density at radius 2 is 2.04 bits per heavy atom. The van der Waals surface area contributed by atoms with Crippen LogP contribution in [0.1, 0.15) is 23.4 Å². The maximum Gasteiger partial charge on any atom is 0.225 e. The van der Waals surface area contributed by atoms with E-state index in [2.05, 4.69) is 20.4 Å². The van der Waals surface area contributed by atoms with E-state index in [1.165, 1.54) is 0 Å². The van der Waals surface area contributed by atoms with Crippen LogP contribution in [0.5, 0.6) is 0 Å². The molecule has 2 N–H and O–H groups in total. The van der Waals surface area contributed by atoms with Gasteiger partial charge in [0, 0.05) is 57.2 Å². The molecule has 8 nitrogen and oxygen atoms in total. The number of nitrogens with zero attached hydrogens (tertiary/aromatic N) is 5. The van der Waals surface area contributed by atoms with Crippen molar-refractivity contribution in [3.05, 3.63) is 35.4 Å². The number of aliphatic hydroxyl groups is 1. The van der Waals surface area contributed by atoms with Crippen molar-refractivity contribution in [2.24, 2.45) is 13.0 Å². The van der Waals surface area contributed by atoms with Crippen LogP contribution < -0.4 is 10.2 Å². The Hall–Kier alpha value is -2.48. The van der Waals surface area contributed by atoms with E-state index in [0.29, 0.717) is 31.9 Å². The summed E-state index contributed by atoms with van der Waals surface area (Å²) in [6, 6.07) is 1.66. The molecular formula is C18H26N6O2. The van der Waals surface area contributed by atoms with Gasteiger partial charge >= 0.3 is 0 Å². The van der Waals surface area contributed by atoms with Crippen LogP contribution in [0.25, 0.3) is 0 Å². The lowest BCUT2D eigenvalue weighted by Gasteiger charge is -2.18. The number of hydrogen-bond donors (Lipinski definition) is 2. The van der Waals surface area contributed by atoms with Gasteiger partial charge in [0.2, 0.25) is 11.9 Å². The first-order chi connectivity index (χ1) is 12.5. The van der Waals surface area contributed by atoms with Gasteiger partial charge in [0.1, 0.15) is 0 Å². The van der Waals surface area contributed by atoms with Crippen LogP contribution in [0.2, 0.25) is 0 Å². The molecule has 0 radical (unpaired) electrons. The van der Waals surface area contributed by atoms with E-state index in [1.807, 2.05) is 30.5 Å². The molecule has 26 heavy (non-hydrogen) atoms. The molecule has 140 valence electrons. The first-order valence-electron chi connectivity index (χ1n) is 8.90. The SMILES string of the molecule is Cc1nn(C)c(C)c1CCC(=O)N[C@@H]1CN(c2ncccn2)C[C@H]1CO. The normalized spacial score (nSPS) is 19.8. The van der Waals surface area contributed by atoms with Crippen molar-refractivity contribution in [1.29, 1.82) is 0 Å². The highest BCUT2D eigenvalue weighted by molar-refractivity contribution is 5.76. The monoisotopic (exact) mass is 358 g/mol. The number of nitrogens with one attached hydrogen (secondary N) is 1. The van der Waals surface area contributed by atoms with Gasteiger partial charge in [0.15, 0.2) is 0 Å². The Labute approximate surface area is 153 Å². The molecule has 8 heteroatoms. The predicted octanol–water partition coefficient (Wildman–Crippen LogP) is 0.373. The van der Waals surface area contributed by atoms with Gasteiger partial charge in [-0.1, -0.05) is 0 Å². The minimum Gasteiger partial charge on any atom is -0.396 e. The van der Waals surface area contributed by atoms with E-state index >= 15 is 0 Å². The molecule has 2 aromatic rings. The van der Waals surface area contributed by atoms with Gasteiger partial charge in [-0.2, -0.15) is 5.10 Å². The standard InChI is InChI=1S/C18H26N6O2/c1-12-15(13(2)23(3)22-12)5-6-17(26)21-16-10-24(9-14(16)11-25)18-19-7-4-8-20-18/h4,7-8,14,16,25H,5-6,9-11H2,1-3H3,(H,21,26)/t14-,16+/m0/s1. The van der Waals surface area contributed by atoms with Crippen LogP contribution in [0.3, 0.4) is 0 Å². The zero-order chi connectivity index (χ0) is 18.7. The second-order valence-electron chi connectivity index (χ2n) is 6.84. The van der Waals surface area contributed by atoms with Crippen LogP contribution >= 0.6 is 0 Å². The summed E-state index contributed by atoms with van der Waals surface area (Å²) < 4.78 is 1.85. The smallest absolute Gasteiger partial charge is 0.225 e. The van der Waals surface area contributed by atoms with E-state index in [-0.39, 0.29) is 24.5 Å². The van der Waals surface area contributed by atoms with Crippen LogP contribution in [-0.2, 0) is 18.3 Å². The Morgan fingerprint density at radius 1 is 1.31 bits per heavy atom. The van der Waals surface area contributed by atoms with Gasteiger partial charge in [0.05, 0.1) is 11.7 Å². The molecule has 0 aromatic carbocycles. The summed E-state index contributed by atoms with van der Waals surface area (Å²) in [5.74, 6) is 0.598. The number of carbonyl (C=O) groups excluding carboxylic acids is 1. The number of aromatic nitrogens is 4. The number of aliphatic hydroxyl groups excluding tert-OH is 1. The van der Waals surface area contributed by atoms with Crippen molar-refractivity contribution in [3.63, 3.8) is 0 Å². The quantitative estimate of drug-likeness (QED) is 0.775. The van der Waals surface area contributed by atoms with Gasteiger partial charge < -0.3 is 15.3 Å². The largest absolute Gasteiger partial charge is 0.396 e. The fraction of sp³-hybridized carbons (Fsp3) is 0.556. The fourth-order valence-electron chi connectivity index (χ4n) is 3.53. The van der Waals surface area contributed by atoms with Crippen LogP contribution in [0.15, 0.2) is 18.5 Å². The Kier molecular flexibility index (Phi) is 5.51. The predicted molar refractivity (Wildman–Crippen MR) is 97.8 cm³/mol. The maximum absolute atomic E-state index is 12.4. The van der Waals surface area contributed by atoms with Gasteiger partial charge in [-0.05, 0) is 31.9 Å². The van der Waals surface area contributed by atoms with Crippen molar-refractivity contribution in [1.82, 2.24) is 25.1 Å². The molecular weight excluding hydrogens is 332 g/mol. The van der Waals surface area contributed by atoms with E-state index < -0.39 is 0 Å². The average molecular weight is 358 g/mol. The number of hydrogen-bond acceptors (Lipinski definition) is 6. The lowest BCUT2D eigenvalue weighted by molar-refractivity contribution is -0.121. The molecule has 2 aromatic heterocycles. The molecule has 0 aliphatic carbocycles. The summed E-state index contributed by atoms with van der Waals surface area (Å²) in [6.45, 7) is 5.24. The summed E-state index contributed by atoms with van der Waals surface area (Å²) in [5, 5.41) is 17.1. The fourth-order valence-corrected chi connectivity index (χ4v) is 3.53. The first-order valence-corrected chi connectivity index (χ1v) is 8.90. The van der Waals surface area contributed by atoms with Crippen molar-refractivity contribution < 1.29 is 9.90 Å². The number of aryl methyl sites for hydroxylation is 2. The van der Waals surface area contributed by atoms with Crippen molar-refractivity contribution in [2.45, 2.75) is 32.7 Å². The van der Waals surface area contributed by atoms with Gasteiger partial charge in [0.25, 0.3) is 0 Å². The molecule has 3 heterocycles. The highest BCUT2D eigenvalue weighted by Gasteiger charge is 2.34. The van der Waals surface area contributed by atoms with Crippen molar-refractivity contribution >= 4 is 11.9 Å². The molecule has 0 spiro atoms. The molecule has 0 saturated carbocycles. The average Bonchev–Trinajstić information content (AvgIpc) is 3.15. The molecule has 1 aliphatic rings. The van der Waals surface area contributed by atoms with Crippen molar-refractivity contribution in [3.8, 4) is 0 Å². The third kappa shape index (κ3) is 3.85. The third-order valence-corrected chi connectivity index (χ3v) is 5.12. The highest BCUT2D eigenvalue weighted by atomic mass is 16.3. The first kappa shape index (κ1) is 18.3. The second kappa shape index (κ2) is 7.82. The Balaban J connectivity index is 1.58. The topological polar surface area (TPSA) is 96.2 Å². The summed E-state index contributed by atoms with van der Waals surface area (Å²) >= 11 is 0. The molecule has 3 rings (SSSR count). The second-order valence-corrected chi connectivity index (χ2v) is 6.84. The zero-order valence-corrected chi connectivity index (χ0v) is 15.5. The molecule has 1 aliphatic heterocycles. The lowest BCUT2D eigenvalue weighted by atomic mass is 10.0. The third-order valence-electron chi connectivity index (χ3n) is 5.12.